The number of halogens is 1. The Morgan fingerprint density at radius 1 is 1.13 bits per heavy atom. The zero-order valence-corrected chi connectivity index (χ0v) is 21.8. The van der Waals surface area contributed by atoms with Gasteiger partial charge in [-0.15, -0.1) is 0 Å². The molecule has 0 aromatic carbocycles. The van der Waals surface area contributed by atoms with Crippen molar-refractivity contribution in [1.29, 1.82) is 5.26 Å². The van der Waals surface area contributed by atoms with Gasteiger partial charge in [0, 0.05) is 36.7 Å². The third-order valence-electron chi connectivity index (χ3n) is 7.75. The molecule has 204 valence electrons. The molecule has 2 atom stereocenters. The highest BCUT2D eigenvalue weighted by Gasteiger charge is 2.29. The van der Waals surface area contributed by atoms with Crippen LogP contribution in [0.15, 0.2) is 24.5 Å². The van der Waals surface area contributed by atoms with Crippen LogP contribution in [-0.2, 0) is 4.79 Å². The van der Waals surface area contributed by atoms with E-state index in [-0.39, 0.29) is 35.2 Å². The molecule has 0 bridgehead atoms. The van der Waals surface area contributed by atoms with Gasteiger partial charge < -0.3 is 21.7 Å². The van der Waals surface area contributed by atoms with Crippen molar-refractivity contribution in [2.75, 3.05) is 18.1 Å². The standard InChI is InChI=1S/C27H32FN9O2/c1-31-26(38)15-6-8-18(9-7-15)34-27(39)19-14-32-23(11-22(19)35-21-5-3-2-4-20(21)28)37-25-17(13-33-37)10-16(12-29)24(30)36-25/h10-11,13-15,18,20-21H,2-9H2,1H3,(H2,30,36)(H,31,38)(H,32,35)(H,34,39)/t15?,18?,20-,21-/m1/s1. The van der Waals surface area contributed by atoms with Crippen LogP contribution in [0.3, 0.4) is 0 Å². The lowest BCUT2D eigenvalue weighted by molar-refractivity contribution is -0.125. The molecule has 0 saturated heterocycles. The van der Waals surface area contributed by atoms with Crippen molar-refractivity contribution in [3.8, 4) is 11.9 Å². The van der Waals surface area contributed by atoms with Crippen molar-refractivity contribution < 1.29 is 14.0 Å². The van der Waals surface area contributed by atoms with Crippen LogP contribution in [-0.4, -0.2) is 56.9 Å². The Kier molecular flexibility index (Phi) is 7.58. The van der Waals surface area contributed by atoms with E-state index in [1.165, 1.54) is 10.9 Å². The Hall–Kier alpha value is -4.27. The van der Waals surface area contributed by atoms with Crippen molar-refractivity contribution in [2.24, 2.45) is 5.92 Å². The quantitative estimate of drug-likeness (QED) is 0.376. The minimum Gasteiger partial charge on any atom is -0.383 e. The lowest BCUT2D eigenvalue weighted by Crippen LogP contribution is -2.41. The van der Waals surface area contributed by atoms with E-state index in [4.69, 9.17) is 5.73 Å². The van der Waals surface area contributed by atoms with Crippen LogP contribution in [0.25, 0.3) is 16.9 Å². The number of nitriles is 1. The van der Waals surface area contributed by atoms with Gasteiger partial charge in [0.2, 0.25) is 5.91 Å². The van der Waals surface area contributed by atoms with Gasteiger partial charge in [-0.25, -0.2) is 14.4 Å². The van der Waals surface area contributed by atoms with E-state index in [9.17, 15) is 19.2 Å². The minimum absolute atomic E-state index is 0.0329. The summed E-state index contributed by atoms with van der Waals surface area (Å²) in [6, 6.07) is 4.80. The SMILES string of the molecule is CNC(=O)C1CCC(NC(=O)c2cnc(-n3ncc4cc(C#N)c(N)nc43)cc2N[C@@H]2CCCC[C@H]2F)CC1. The predicted molar refractivity (Wildman–Crippen MR) is 144 cm³/mol. The number of hydrogen-bond acceptors (Lipinski definition) is 8. The molecular formula is C27H32FN9O2. The monoisotopic (exact) mass is 533 g/mol. The fourth-order valence-electron chi connectivity index (χ4n) is 5.51. The van der Waals surface area contributed by atoms with E-state index in [2.05, 4.69) is 31.0 Å². The van der Waals surface area contributed by atoms with E-state index >= 15 is 0 Å². The van der Waals surface area contributed by atoms with Gasteiger partial charge in [0.1, 0.15) is 18.1 Å². The van der Waals surface area contributed by atoms with Crippen molar-refractivity contribution in [1.82, 2.24) is 30.4 Å². The van der Waals surface area contributed by atoms with Crippen molar-refractivity contribution >= 4 is 34.4 Å². The minimum atomic E-state index is -1.03. The molecule has 2 amide bonds. The van der Waals surface area contributed by atoms with Gasteiger partial charge in [0.25, 0.3) is 5.91 Å². The number of pyridine rings is 2. The van der Waals surface area contributed by atoms with Crippen LogP contribution in [0.2, 0.25) is 0 Å². The summed E-state index contributed by atoms with van der Waals surface area (Å²) < 4.78 is 16.3. The van der Waals surface area contributed by atoms with Crippen molar-refractivity contribution in [2.45, 2.75) is 69.6 Å². The van der Waals surface area contributed by atoms with Crippen LogP contribution < -0.4 is 21.7 Å². The van der Waals surface area contributed by atoms with Gasteiger partial charge in [0.15, 0.2) is 11.5 Å². The van der Waals surface area contributed by atoms with Crippen LogP contribution in [0.1, 0.15) is 67.3 Å². The normalized spacial score (nSPS) is 23.1. The first kappa shape index (κ1) is 26.3. The van der Waals surface area contributed by atoms with Crippen LogP contribution >= 0.6 is 0 Å². The van der Waals surface area contributed by atoms with Gasteiger partial charge in [-0.1, -0.05) is 12.8 Å². The molecule has 5 rings (SSSR count). The zero-order valence-electron chi connectivity index (χ0n) is 21.8. The zero-order chi connectivity index (χ0) is 27.5. The van der Waals surface area contributed by atoms with Gasteiger partial charge in [-0.2, -0.15) is 15.0 Å². The maximum absolute atomic E-state index is 14.8. The molecule has 12 heteroatoms. The summed E-state index contributed by atoms with van der Waals surface area (Å²) in [5.74, 6) is 0.139. The number of amides is 2. The molecule has 11 nitrogen and oxygen atoms in total. The molecular weight excluding hydrogens is 501 g/mol. The predicted octanol–water partition coefficient (Wildman–Crippen LogP) is 3.00. The van der Waals surface area contributed by atoms with E-state index in [1.54, 1.807) is 25.4 Å². The number of alkyl halides is 1. The molecule has 2 aliphatic rings. The summed E-state index contributed by atoms with van der Waals surface area (Å²) in [7, 11) is 1.64. The lowest BCUT2D eigenvalue weighted by atomic mass is 9.85. The number of fused-ring (bicyclic) bond motifs is 1. The third-order valence-corrected chi connectivity index (χ3v) is 7.75. The molecule has 2 saturated carbocycles. The third kappa shape index (κ3) is 5.48. The summed E-state index contributed by atoms with van der Waals surface area (Å²) in [5, 5.41) is 23.3. The Morgan fingerprint density at radius 3 is 2.62 bits per heavy atom. The van der Waals surface area contributed by atoms with Gasteiger partial charge in [0.05, 0.1) is 29.1 Å². The lowest BCUT2D eigenvalue weighted by Gasteiger charge is -2.30. The van der Waals surface area contributed by atoms with E-state index in [0.29, 0.717) is 66.6 Å². The number of nitrogen functional groups attached to an aromatic ring is 1. The van der Waals surface area contributed by atoms with Crippen LogP contribution in [0.4, 0.5) is 15.9 Å². The largest absolute Gasteiger partial charge is 0.383 e. The highest BCUT2D eigenvalue weighted by Crippen LogP contribution is 2.29. The molecule has 3 heterocycles. The van der Waals surface area contributed by atoms with Crippen molar-refractivity contribution in [3.63, 3.8) is 0 Å². The molecule has 39 heavy (non-hydrogen) atoms. The topological polar surface area (TPSA) is 164 Å². The Balaban J connectivity index is 1.43. The smallest absolute Gasteiger partial charge is 0.255 e. The second kappa shape index (κ2) is 11.2. The first-order chi connectivity index (χ1) is 18.9. The molecule has 2 fully saturated rings. The van der Waals surface area contributed by atoms with Crippen LogP contribution in [0.5, 0.6) is 0 Å². The van der Waals surface area contributed by atoms with E-state index in [1.807, 2.05) is 6.07 Å². The average Bonchev–Trinajstić information content (AvgIpc) is 3.36. The number of nitrogens with two attached hydrogens (primary N) is 1. The van der Waals surface area contributed by atoms with E-state index < -0.39 is 12.2 Å². The number of carbonyl (C=O) groups excluding carboxylic acids is 2. The summed E-state index contributed by atoms with van der Waals surface area (Å²) in [4.78, 5) is 34.2. The number of aromatic nitrogens is 4. The molecule has 5 N–H and O–H groups in total. The number of rotatable bonds is 6. The average molecular weight is 534 g/mol. The Bertz CT molecular complexity index is 1420. The highest BCUT2D eigenvalue weighted by molar-refractivity contribution is 6.00. The summed E-state index contributed by atoms with van der Waals surface area (Å²) in [5.41, 5.74) is 7.36. The maximum Gasteiger partial charge on any atom is 0.255 e. The van der Waals surface area contributed by atoms with E-state index in [0.717, 1.165) is 12.8 Å². The molecule has 3 aromatic heterocycles. The molecule has 0 spiro atoms. The molecule has 3 aromatic rings. The number of nitrogens with one attached hydrogen (secondary N) is 3. The number of carbonyl (C=O) groups is 2. The Labute approximate surface area is 225 Å². The molecule has 0 unspecified atom stereocenters. The fourth-order valence-corrected chi connectivity index (χ4v) is 5.51. The van der Waals surface area contributed by atoms with Gasteiger partial charge in [-0.3, -0.25) is 9.59 Å². The Morgan fingerprint density at radius 2 is 1.90 bits per heavy atom. The molecule has 2 aliphatic carbocycles. The summed E-state index contributed by atoms with van der Waals surface area (Å²) in [6.45, 7) is 0. The molecule has 0 radical (unpaired) electrons. The van der Waals surface area contributed by atoms with Crippen LogP contribution in [0, 0.1) is 17.2 Å². The summed E-state index contributed by atoms with van der Waals surface area (Å²) in [6.07, 6.45) is 7.67. The first-order valence-electron chi connectivity index (χ1n) is 13.4. The highest BCUT2D eigenvalue weighted by atomic mass is 19.1. The summed E-state index contributed by atoms with van der Waals surface area (Å²) >= 11 is 0. The number of nitrogens with zero attached hydrogens (tertiary/aromatic N) is 5. The van der Waals surface area contributed by atoms with Gasteiger partial charge >= 0.3 is 0 Å². The second-order valence-corrected chi connectivity index (χ2v) is 10.3. The first-order valence-corrected chi connectivity index (χ1v) is 13.4. The number of anilines is 2. The number of hydrogen-bond donors (Lipinski definition) is 4. The maximum atomic E-state index is 14.8. The fraction of sp³-hybridized carbons (Fsp3) is 0.481. The molecule has 0 aliphatic heterocycles. The second-order valence-electron chi connectivity index (χ2n) is 10.3. The van der Waals surface area contributed by atoms with Crippen molar-refractivity contribution in [3.05, 3.63) is 35.7 Å². The van der Waals surface area contributed by atoms with Gasteiger partial charge in [-0.05, 0) is 44.6 Å².